The number of unbranched alkanes of at least 4 members (excludes halogenated alkanes) is 1. The Morgan fingerprint density at radius 1 is 1.06 bits per heavy atom. The van der Waals surface area contributed by atoms with Crippen molar-refractivity contribution >= 4 is 0 Å². The second-order valence-electron chi connectivity index (χ2n) is 4.19. The fraction of sp³-hybridized carbons (Fsp3) is 0.375. The number of allylic oxidation sites excluding steroid dienone is 2. The molecule has 0 atom stereocenters. The molecule has 0 aliphatic heterocycles. The minimum atomic E-state index is 0.956. The largest absolute Gasteiger partial charge is 0.103 e. The van der Waals surface area contributed by atoms with Crippen molar-refractivity contribution in [3.05, 3.63) is 60.2 Å². The Kier molecular flexibility index (Phi) is 5.63. The van der Waals surface area contributed by atoms with E-state index in [9.17, 15) is 0 Å². The minimum absolute atomic E-state index is 0.956. The molecular weight excluding hydrogens is 192 g/mol. The minimum Gasteiger partial charge on any atom is -0.103 e. The molecule has 16 heavy (non-hydrogen) atoms. The molecule has 1 aromatic rings. The average molecular weight is 214 g/mol. The van der Waals surface area contributed by atoms with Crippen molar-refractivity contribution in [1.82, 2.24) is 0 Å². The quantitative estimate of drug-likeness (QED) is 0.587. The summed E-state index contributed by atoms with van der Waals surface area (Å²) < 4.78 is 0. The highest BCUT2D eigenvalue weighted by atomic mass is 14.1. The Hall–Kier alpha value is -1.30. The van der Waals surface area contributed by atoms with Gasteiger partial charge in [0.1, 0.15) is 0 Å². The average Bonchev–Trinajstić information content (AvgIpc) is 2.30. The Morgan fingerprint density at radius 2 is 1.75 bits per heavy atom. The van der Waals surface area contributed by atoms with Crippen molar-refractivity contribution in [2.24, 2.45) is 0 Å². The summed E-state index contributed by atoms with van der Waals surface area (Å²) in [6.07, 6.45) is 9.58. The van der Waals surface area contributed by atoms with Gasteiger partial charge in [-0.25, -0.2) is 0 Å². The topological polar surface area (TPSA) is 0 Å². The van der Waals surface area contributed by atoms with Gasteiger partial charge in [0.2, 0.25) is 0 Å². The summed E-state index contributed by atoms with van der Waals surface area (Å²) in [4.78, 5) is 0. The SMILES string of the molecule is C=CCc1ccc(CCCC)cc1CC=C. The standard InChI is InChI=1S/C16H22/c1-4-7-10-14-11-12-15(8-5-2)16(13-14)9-6-3/h5-6,11-13H,2-4,7-10H2,1H3. The number of benzene rings is 1. The molecule has 0 aliphatic carbocycles. The van der Waals surface area contributed by atoms with E-state index in [1.807, 2.05) is 12.2 Å². The molecule has 86 valence electrons. The van der Waals surface area contributed by atoms with Crippen LogP contribution in [0.5, 0.6) is 0 Å². The number of aryl methyl sites for hydroxylation is 1. The van der Waals surface area contributed by atoms with Crippen LogP contribution in [0, 0.1) is 0 Å². The maximum absolute atomic E-state index is 3.82. The van der Waals surface area contributed by atoms with Gasteiger partial charge in [0.25, 0.3) is 0 Å². The third-order valence-electron chi connectivity index (χ3n) is 2.82. The molecule has 0 spiro atoms. The summed E-state index contributed by atoms with van der Waals surface area (Å²) in [5, 5.41) is 0. The van der Waals surface area contributed by atoms with Crippen molar-refractivity contribution in [3.63, 3.8) is 0 Å². The Labute approximate surface area is 99.7 Å². The number of hydrogen-bond donors (Lipinski definition) is 0. The molecule has 0 heteroatoms. The molecule has 0 amide bonds. The van der Waals surface area contributed by atoms with Gasteiger partial charge in [-0.1, -0.05) is 43.7 Å². The van der Waals surface area contributed by atoms with Crippen LogP contribution in [-0.2, 0) is 19.3 Å². The van der Waals surface area contributed by atoms with Crippen LogP contribution in [0.3, 0.4) is 0 Å². The van der Waals surface area contributed by atoms with E-state index in [1.54, 1.807) is 0 Å². The summed E-state index contributed by atoms with van der Waals surface area (Å²) in [7, 11) is 0. The van der Waals surface area contributed by atoms with Crippen LogP contribution in [-0.4, -0.2) is 0 Å². The van der Waals surface area contributed by atoms with Gasteiger partial charge in [0, 0.05) is 0 Å². The lowest BCUT2D eigenvalue weighted by molar-refractivity contribution is 0.793. The molecule has 1 rings (SSSR count). The zero-order valence-electron chi connectivity index (χ0n) is 10.3. The van der Waals surface area contributed by atoms with Crippen LogP contribution in [0.1, 0.15) is 36.5 Å². The van der Waals surface area contributed by atoms with Crippen molar-refractivity contribution < 1.29 is 0 Å². The Bertz CT molecular complexity index is 347. The highest BCUT2D eigenvalue weighted by molar-refractivity contribution is 5.34. The second kappa shape index (κ2) is 7.05. The first-order valence-corrected chi connectivity index (χ1v) is 6.14. The maximum atomic E-state index is 3.82. The van der Waals surface area contributed by atoms with Crippen molar-refractivity contribution in [2.75, 3.05) is 0 Å². The Morgan fingerprint density at radius 3 is 2.38 bits per heavy atom. The molecule has 1 aromatic carbocycles. The van der Waals surface area contributed by atoms with E-state index in [0.717, 1.165) is 12.8 Å². The highest BCUT2D eigenvalue weighted by Crippen LogP contribution is 2.16. The van der Waals surface area contributed by atoms with Gasteiger partial charge in [0.05, 0.1) is 0 Å². The van der Waals surface area contributed by atoms with E-state index < -0.39 is 0 Å². The van der Waals surface area contributed by atoms with Gasteiger partial charge in [0.15, 0.2) is 0 Å². The van der Waals surface area contributed by atoms with E-state index in [2.05, 4.69) is 38.3 Å². The van der Waals surface area contributed by atoms with Crippen LogP contribution in [0.2, 0.25) is 0 Å². The van der Waals surface area contributed by atoms with Gasteiger partial charge in [-0.15, -0.1) is 13.2 Å². The van der Waals surface area contributed by atoms with Crippen molar-refractivity contribution in [3.8, 4) is 0 Å². The molecule has 0 N–H and O–H groups in total. The molecular formula is C16H22. The lowest BCUT2D eigenvalue weighted by Gasteiger charge is -2.09. The third kappa shape index (κ3) is 3.69. The molecule has 0 bridgehead atoms. The first kappa shape index (κ1) is 12.8. The van der Waals surface area contributed by atoms with Crippen LogP contribution < -0.4 is 0 Å². The second-order valence-corrected chi connectivity index (χ2v) is 4.19. The molecule has 0 nitrogen and oxygen atoms in total. The monoisotopic (exact) mass is 214 g/mol. The first-order chi connectivity index (χ1) is 7.81. The molecule has 0 aromatic heterocycles. The van der Waals surface area contributed by atoms with Crippen LogP contribution in [0.4, 0.5) is 0 Å². The fourth-order valence-corrected chi connectivity index (χ4v) is 1.92. The van der Waals surface area contributed by atoms with Gasteiger partial charge in [-0.3, -0.25) is 0 Å². The predicted octanol–water partition coefficient (Wildman–Crippen LogP) is 4.49. The van der Waals surface area contributed by atoms with E-state index in [4.69, 9.17) is 0 Å². The summed E-state index contributed by atoms with van der Waals surface area (Å²) in [6, 6.07) is 6.82. The summed E-state index contributed by atoms with van der Waals surface area (Å²) in [5.74, 6) is 0. The molecule has 0 aliphatic rings. The molecule has 0 heterocycles. The third-order valence-corrected chi connectivity index (χ3v) is 2.82. The van der Waals surface area contributed by atoms with E-state index in [1.165, 1.54) is 36.0 Å². The lowest BCUT2D eigenvalue weighted by Crippen LogP contribution is -1.95. The van der Waals surface area contributed by atoms with Crippen LogP contribution in [0.15, 0.2) is 43.5 Å². The van der Waals surface area contributed by atoms with Gasteiger partial charge in [-0.05, 0) is 42.4 Å². The van der Waals surface area contributed by atoms with Gasteiger partial charge < -0.3 is 0 Å². The summed E-state index contributed by atoms with van der Waals surface area (Å²) in [5.41, 5.74) is 4.24. The van der Waals surface area contributed by atoms with E-state index >= 15 is 0 Å². The Balaban J connectivity index is 2.87. The van der Waals surface area contributed by atoms with Gasteiger partial charge in [-0.2, -0.15) is 0 Å². The lowest BCUT2D eigenvalue weighted by atomic mass is 9.97. The predicted molar refractivity (Wildman–Crippen MR) is 72.9 cm³/mol. The van der Waals surface area contributed by atoms with Crippen LogP contribution >= 0.6 is 0 Å². The van der Waals surface area contributed by atoms with Crippen molar-refractivity contribution in [1.29, 1.82) is 0 Å². The molecule has 0 saturated carbocycles. The molecule has 0 saturated heterocycles. The summed E-state index contributed by atoms with van der Waals surface area (Å²) >= 11 is 0. The van der Waals surface area contributed by atoms with Crippen molar-refractivity contribution in [2.45, 2.75) is 39.0 Å². The first-order valence-electron chi connectivity index (χ1n) is 6.14. The zero-order valence-corrected chi connectivity index (χ0v) is 10.3. The highest BCUT2D eigenvalue weighted by Gasteiger charge is 2.01. The molecule has 0 fully saturated rings. The molecule has 0 radical (unpaired) electrons. The number of hydrogen-bond acceptors (Lipinski definition) is 0. The molecule has 0 unspecified atom stereocenters. The zero-order chi connectivity index (χ0) is 11.8. The number of rotatable bonds is 7. The smallest absolute Gasteiger partial charge is 0.00972 e. The van der Waals surface area contributed by atoms with Gasteiger partial charge >= 0.3 is 0 Å². The van der Waals surface area contributed by atoms with Crippen LogP contribution in [0.25, 0.3) is 0 Å². The maximum Gasteiger partial charge on any atom is -0.00972 e. The fourth-order valence-electron chi connectivity index (χ4n) is 1.92. The summed E-state index contributed by atoms with van der Waals surface area (Å²) in [6.45, 7) is 9.86. The normalized spacial score (nSPS) is 10.1. The van der Waals surface area contributed by atoms with E-state index in [-0.39, 0.29) is 0 Å². The van der Waals surface area contributed by atoms with E-state index in [0.29, 0.717) is 0 Å².